The Morgan fingerprint density at radius 3 is 2.55 bits per heavy atom. The van der Waals surface area contributed by atoms with Crippen LogP contribution in [0.4, 0.5) is 8.78 Å². The first-order chi connectivity index (χ1) is 15.1. The summed E-state index contributed by atoms with van der Waals surface area (Å²) in [7, 11) is 0. The van der Waals surface area contributed by atoms with Crippen LogP contribution in [-0.2, 0) is 6.42 Å². The molecule has 1 unspecified atom stereocenters. The van der Waals surface area contributed by atoms with Gasteiger partial charge in [-0.3, -0.25) is 0 Å². The van der Waals surface area contributed by atoms with Crippen molar-refractivity contribution in [2.45, 2.75) is 19.4 Å². The molecule has 1 atom stereocenters. The smallest absolute Gasteiger partial charge is 0.132 e. The number of rotatable bonds is 8. The van der Waals surface area contributed by atoms with Crippen molar-refractivity contribution in [2.75, 3.05) is 6.54 Å². The Balaban J connectivity index is 1.44. The molecule has 0 radical (unpaired) electrons. The van der Waals surface area contributed by atoms with Gasteiger partial charge < -0.3 is 10.1 Å². The average Bonchev–Trinajstić information content (AvgIpc) is 3.24. The molecule has 0 aliphatic heterocycles. The van der Waals surface area contributed by atoms with Crippen LogP contribution < -0.4 is 10.1 Å². The largest absolute Gasteiger partial charge is 0.457 e. The first kappa shape index (κ1) is 20.8. The number of benzene rings is 3. The van der Waals surface area contributed by atoms with E-state index >= 15 is 0 Å². The molecule has 0 aliphatic rings. The summed E-state index contributed by atoms with van der Waals surface area (Å²) < 4.78 is 35.2. The Hall–Kier alpha value is -3.51. The second-order valence-corrected chi connectivity index (χ2v) is 7.24. The molecule has 0 bridgehead atoms. The summed E-state index contributed by atoms with van der Waals surface area (Å²) in [6.45, 7) is 2.61. The van der Waals surface area contributed by atoms with Crippen LogP contribution in [0.1, 0.15) is 24.2 Å². The lowest BCUT2D eigenvalue weighted by Gasteiger charge is -2.19. The summed E-state index contributed by atoms with van der Waals surface area (Å²) in [6.07, 6.45) is 2.53. The lowest BCUT2D eigenvalue weighted by molar-refractivity contribution is 0.454. The molecule has 6 heteroatoms. The normalized spacial score (nSPS) is 12.0. The van der Waals surface area contributed by atoms with Gasteiger partial charge in [-0.1, -0.05) is 24.3 Å². The van der Waals surface area contributed by atoms with Crippen LogP contribution in [0, 0.1) is 11.6 Å². The SMILES string of the molecule is CC(NCCc1ccnn1-c1ccccc1)c1cc(F)ccc1Oc1cccc(F)c1. The predicted molar refractivity (Wildman–Crippen MR) is 117 cm³/mol. The minimum Gasteiger partial charge on any atom is -0.457 e. The van der Waals surface area contributed by atoms with E-state index in [1.54, 1.807) is 24.4 Å². The molecule has 0 fully saturated rings. The van der Waals surface area contributed by atoms with Gasteiger partial charge in [0.2, 0.25) is 0 Å². The number of hydrogen-bond acceptors (Lipinski definition) is 3. The zero-order valence-corrected chi connectivity index (χ0v) is 17.1. The van der Waals surface area contributed by atoms with Gasteiger partial charge >= 0.3 is 0 Å². The van der Waals surface area contributed by atoms with Crippen LogP contribution in [0.2, 0.25) is 0 Å². The number of para-hydroxylation sites is 1. The van der Waals surface area contributed by atoms with Crippen LogP contribution in [0.25, 0.3) is 5.69 Å². The molecule has 0 amide bonds. The maximum Gasteiger partial charge on any atom is 0.132 e. The molecule has 31 heavy (non-hydrogen) atoms. The van der Waals surface area contributed by atoms with Crippen molar-refractivity contribution >= 4 is 0 Å². The van der Waals surface area contributed by atoms with E-state index in [2.05, 4.69) is 10.4 Å². The Morgan fingerprint density at radius 2 is 1.74 bits per heavy atom. The van der Waals surface area contributed by atoms with Crippen LogP contribution in [0.5, 0.6) is 11.5 Å². The lowest BCUT2D eigenvalue weighted by Crippen LogP contribution is -2.22. The lowest BCUT2D eigenvalue weighted by atomic mass is 10.1. The minimum absolute atomic E-state index is 0.174. The molecule has 0 saturated carbocycles. The van der Waals surface area contributed by atoms with Gasteiger partial charge in [-0.05, 0) is 55.5 Å². The summed E-state index contributed by atoms with van der Waals surface area (Å²) in [4.78, 5) is 0. The summed E-state index contributed by atoms with van der Waals surface area (Å²) in [5.41, 5.74) is 2.74. The molecular formula is C25H23F2N3O. The molecule has 0 spiro atoms. The highest BCUT2D eigenvalue weighted by Gasteiger charge is 2.14. The standard InChI is InChI=1S/C25H23F2N3O/c1-18(28-14-12-22-13-15-29-30(22)21-7-3-2-4-8-21)24-17-20(27)10-11-25(24)31-23-9-5-6-19(26)16-23/h2-11,13,15-18,28H,12,14H2,1H3. The maximum absolute atomic E-state index is 13.9. The van der Waals surface area contributed by atoms with E-state index in [-0.39, 0.29) is 17.7 Å². The number of aromatic nitrogens is 2. The van der Waals surface area contributed by atoms with Gasteiger partial charge in [0, 0.05) is 42.5 Å². The molecule has 4 rings (SSSR count). The third-order valence-corrected chi connectivity index (χ3v) is 5.02. The van der Waals surface area contributed by atoms with Crippen molar-refractivity contribution in [3.05, 3.63) is 108 Å². The fourth-order valence-corrected chi connectivity index (χ4v) is 3.46. The van der Waals surface area contributed by atoms with Crippen molar-refractivity contribution < 1.29 is 13.5 Å². The zero-order chi connectivity index (χ0) is 21.6. The number of halogens is 2. The van der Waals surface area contributed by atoms with Gasteiger partial charge in [0.15, 0.2) is 0 Å². The van der Waals surface area contributed by atoms with E-state index in [0.717, 1.165) is 17.8 Å². The van der Waals surface area contributed by atoms with Crippen molar-refractivity contribution in [2.24, 2.45) is 0 Å². The first-order valence-electron chi connectivity index (χ1n) is 10.1. The monoisotopic (exact) mass is 419 g/mol. The van der Waals surface area contributed by atoms with Gasteiger partial charge in [0.05, 0.1) is 5.69 Å². The van der Waals surface area contributed by atoms with Crippen molar-refractivity contribution in [3.63, 3.8) is 0 Å². The summed E-state index contributed by atoms with van der Waals surface area (Å²) in [5.74, 6) is 0.118. The van der Waals surface area contributed by atoms with Gasteiger partial charge in [0.25, 0.3) is 0 Å². The molecular weight excluding hydrogens is 396 g/mol. The molecule has 0 aliphatic carbocycles. The first-order valence-corrected chi connectivity index (χ1v) is 10.1. The number of nitrogens with zero attached hydrogens (tertiary/aromatic N) is 2. The van der Waals surface area contributed by atoms with E-state index in [1.165, 1.54) is 24.3 Å². The third-order valence-electron chi connectivity index (χ3n) is 5.02. The van der Waals surface area contributed by atoms with Gasteiger partial charge in [-0.25, -0.2) is 13.5 Å². The number of hydrogen-bond donors (Lipinski definition) is 1. The minimum atomic E-state index is -0.387. The molecule has 1 N–H and O–H groups in total. The van der Waals surface area contributed by atoms with Gasteiger partial charge in [0.1, 0.15) is 23.1 Å². The average molecular weight is 419 g/mol. The van der Waals surface area contributed by atoms with Crippen LogP contribution in [-0.4, -0.2) is 16.3 Å². The van der Waals surface area contributed by atoms with E-state index in [4.69, 9.17) is 4.74 Å². The molecule has 0 saturated heterocycles. The number of ether oxygens (including phenoxy) is 1. The Labute approximate surface area is 180 Å². The summed E-state index contributed by atoms with van der Waals surface area (Å²) >= 11 is 0. The highest BCUT2D eigenvalue weighted by molar-refractivity contribution is 5.40. The predicted octanol–water partition coefficient (Wildman–Crippen LogP) is 5.84. The fraction of sp³-hybridized carbons (Fsp3) is 0.160. The topological polar surface area (TPSA) is 39.1 Å². The van der Waals surface area contributed by atoms with Crippen molar-refractivity contribution in [1.82, 2.24) is 15.1 Å². The van der Waals surface area contributed by atoms with Crippen molar-refractivity contribution in [3.8, 4) is 17.2 Å². The second-order valence-electron chi connectivity index (χ2n) is 7.24. The Bertz CT molecular complexity index is 1140. The second kappa shape index (κ2) is 9.53. The summed E-state index contributed by atoms with van der Waals surface area (Å²) in [6, 6.07) is 22.0. The molecule has 4 aromatic rings. The Kier molecular flexibility index (Phi) is 6.38. The van der Waals surface area contributed by atoms with Gasteiger partial charge in [-0.15, -0.1) is 0 Å². The van der Waals surface area contributed by atoms with E-state index in [0.29, 0.717) is 23.6 Å². The maximum atomic E-state index is 13.9. The fourth-order valence-electron chi connectivity index (χ4n) is 3.46. The van der Waals surface area contributed by atoms with Gasteiger partial charge in [-0.2, -0.15) is 5.10 Å². The zero-order valence-electron chi connectivity index (χ0n) is 17.1. The summed E-state index contributed by atoms with van der Waals surface area (Å²) in [5, 5.41) is 7.83. The quantitative estimate of drug-likeness (QED) is 0.390. The molecule has 158 valence electrons. The van der Waals surface area contributed by atoms with Crippen LogP contribution >= 0.6 is 0 Å². The van der Waals surface area contributed by atoms with Crippen molar-refractivity contribution in [1.29, 1.82) is 0 Å². The van der Waals surface area contributed by atoms with E-state index in [9.17, 15) is 8.78 Å². The molecule has 4 nitrogen and oxygen atoms in total. The molecule has 1 heterocycles. The van der Waals surface area contributed by atoms with E-state index in [1.807, 2.05) is 48.0 Å². The van der Waals surface area contributed by atoms with Crippen LogP contribution in [0.15, 0.2) is 85.1 Å². The Morgan fingerprint density at radius 1 is 0.935 bits per heavy atom. The van der Waals surface area contributed by atoms with Crippen LogP contribution in [0.3, 0.4) is 0 Å². The molecule has 3 aromatic carbocycles. The highest BCUT2D eigenvalue weighted by atomic mass is 19.1. The number of nitrogens with one attached hydrogen (secondary N) is 1. The molecule has 1 aromatic heterocycles. The third kappa shape index (κ3) is 5.16. The highest BCUT2D eigenvalue weighted by Crippen LogP contribution is 2.30. The van der Waals surface area contributed by atoms with E-state index < -0.39 is 0 Å².